The molecule has 2 heteroatoms. The Morgan fingerprint density at radius 3 is 2.40 bits per heavy atom. The zero-order valence-electron chi connectivity index (χ0n) is 6.65. The summed E-state index contributed by atoms with van der Waals surface area (Å²) in [7, 11) is 0. The molecule has 0 atom stereocenters. The number of nitriles is 1. The maximum atomic E-state index is 8.43. The molecule has 0 aromatic heterocycles. The third-order valence-corrected chi connectivity index (χ3v) is 1.48. The predicted octanol–water partition coefficient (Wildman–Crippen LogP) is 1.93. The first-order valence-corrected chi connectivity index (χ1v) is 3.63. The highest BCUT2D eigenvalue weighted by Gasteiger charge is 1.97. The fraction of sp³-hybridized carbons (Fsp3) is 0.625. The number of nitrogens with zero attached hydrogens (tertiary/aromatic N) is 1. The van der Waals surface area contributed by atoms with Crippen molar-refractivity contribution in [2.24, 2.45) is 5.73 Å². The van der Waals surface area contributed by atoms with E-state index in [1.54, 1.807) is 0 Å². The van der Waals surface area contributed by atoms with E-state index >= 15 is 0 Å². The van der Waals surface area contributed by atoms with Crippen LogP contribution in [-0.4, -0.2) is 0 Å². The molecule has 0 aromatic carbocycles. The van der Waals surface area contributed by atoms with Crippen molar-refractivity contribution < 1.29 is 0 Å². The molecular formula is C8H14N2. The van der Waals surface area contributed by atoms with Crippen molar-refractivity contribution in [2.75, 3.05) is 0 Å². The van der Waals surface area contributed by atoms with Crippen LogP contribution < -0.4 is 5.73 Å². The lowest BCUT2D eigenvalue weighted by Crippen LogP contribution is -1.99. The number of hydrogen-bond donors (Lipinski definition) is 1. The van der Waals surface area contributed by atoms with Gasteiger partial charge in [0.1, 0.15) is 11.8 Å². The minimum atomic E-state index is 0.407. The van der Waals surface area contributed by atoms with Gasteiger partial charge < -0.3 is 5.73 Å². The van der Waals surface area contributed by atoms with Gasteiger partial charge in [-0.15, -0.1) is 0 Å². The molecule has 56 valence electrons. The third-order valence-electron chi connectivity index (χ3n) is 1.48. The van der Waals surface area contributed by atoms with Gasteiger partial charge in [0.05, 0.1) is 0 Å². The van der Waals surface area contributed by atoms with Gasteiger partial charge in [-0.25, -0.2) is 0 Å². The maximum absolute atomic E-state index is 8.43. The zero-order valence-corrected chi connectivity index (χ0v) is 6.65. The monoisotopic (exact) mass is 138 g/mol. The summed E-state index contributed by atoms with van der Waals surface area (Å²) in [5, 5.41) is 8.43. The molecular weight excluding hydrogens is 124 g/mol. The number of rotatable bonds is 3. The van der Waals surface area contributed by atoms with Crippen LogP contribution in [-0.2, 0) is 0 Å². The van der Waals surface area contributed by atoms with Crippen molar-refractivity contribution in [3.05, 3.63) is 11.3 Å². The van der Waals surface area contributed by atoms with E-state index in [-0.39, 0.29) is 0 Å². The van der Waals surface area contributed by atoms with Crippen molar-refractivity contribution >= 4 is 0 Å². The number of allylic oxidation sites excluding steroid dienone is 2. The first kappa shape index (κ1) is 9.03. The van der Waals surface area contributed by atoms with Crippen molar-refractivity contribution in [1.82, 2.24) is 0 Å². The van der Waals surface area contributed by atoms with Crippen LogP contribution in [0, 0.1) is 11.3 Å². The first-order valence-electron chi connectivity index (χ1n) is 3.63. The average Bonchev–Trinajstić information content (AvgIpc) is 1.99. The summed E-state index contributed by atoms with van der Waals surface area (Å²) in [5.41, 5.74) is 6.93. The summed E-state index contributed by atoms with van der Waals surface area (Å²) in [5.74, 6) is 0. The summed E-state index contributed by atoms with van der Waals surface area (Å²) in [6.07, 6.45) is 2.91. The highest BCUT2D eigenvalue weighted by atomic mass is 14.6. The van der Waals surface area contributed by atoms with Crippen molar-refractivity contribution in [3.8, 4) is 6.07 Å². The van der Waals surface area contributed by atoms with E-state index in [1.165, 1.54) is 0 Å². The number of hydrogen-bond acceptors (Lipinski definition) is 2. The lowest BCUT2D eigenvalue weighted by Gasteiger charge is -2.01. The number of nitrogens with two attached hydrogens (primary N) is 1. The van der Waals surface area contributed by atoms with E-state index in [0.29, 0.717) is 5.70 Å². The normalized spacial score (nSPS) is 12.1. The second-order valence-electron chi connectivity index (χ2n) is 2.23. The molecule has 0 amide bonds. The highest BCUT2D eigenvalue weighted by Crippen LogP contribution is 2.10. The Morgan fingerprint density at radius 2 is 2.10 bits per heavy atom. The van der Waals surface area contributed by atoms with E-state index in [1.807, 2.05) is 13.0 Å². The van der Waals surface area contributed by atoms with Gasteiger partial charge in [0.25, 0.3) is 0 Å². The van der Waals surface area contributed by atoms with E-state index in [4.69, 9.17) is 11.0 Å². The van der Waals surface area contributed by atoms with Gasteiger partial charge in [-0.3, -0.25) is 0 Å². The topological polar surface area (TPSA) is 49.8 Å². The van der Waals surface area contributed by atoms with Crippen molar-refractivity contribution in [2.45, 2.75) is 33.1 Å². The Labute approximate surface area is 62.3 Å². The minimum Gasteiger partial charge on any atom is -0.390 e. The molecule has 0 unspecified atom stereocenters. The molecule has 0 fully saturated rings. The van der Waals surface area contributed by atoms with Gasteiger partial charge in [0.15, 0.2) is 0 Å². The molecule has 0 saturated carbocycles. The second kappa shape index (κ2) is 4.87. The first-order chi connectivity index (χ1) is 4.76. The van der Waals surface area contributed by atoms with Gasteiger partial charge in [-0.2, -0.15) is 5.26 Å². The molecule has 0 aliphatic carbocycles. The Morgan fingerprint density at radius 1 is 1.50 bits per heavy atom. The van der Waals surface area contributed by atoms with E-state index in [0.717, 1.165) is 24.8 Å². The standard InChI is InChI=1S/C8H14N2/c1-3-5-7(4-2)8(10)6-9/h3-5,10H2,1-2H3. The van der Waals surface area contributed by atoms with Gasteiger partial charge in [-0.05, 0) is 18.4 Å². The van der Waals surface area contributed by atoms with Gasteiger partial charge >= 0.3 is 0 Å². The van der Waals surface area contributed by atoms with Crippen molar-refractivity contribution in [3.63, 3.8) is 0 Å². The summed E-state index contributed by atoms with van der Waals surface area (Å²) in [6.45, 7) is 4.11. The predicted molar refractivity (Wildman–Crippen MR) is 42.0 cm³/mol. The van der Waals surface area contributed by atoms with Crippen LogP contribution in [0.1, 0.15) is 33.1 Å². The molecule has 0 rings (SSSR count). The molecule has 0 aliphatic rings. The zero-order chi connectivity index (χ0) is 7.98. The van der Waals surface area contributed by atoms with Gasteiger partial charge in [-0.1, -0.05) is 20.3 Å². The maximum Gasteiger partial charge on any atom is 0.117 e. The molecule has 0 heterocycles. The van der Waals surface area contributed by atoms with E-state index < -0.39 is 0 Å². The summed E-state index contributed by atoms with van der Waals surface area (Å²) >= 11 is 0. The van der Waals surface area contributed by atoms with Crippen molar-refractivity contribution in [1.29, 1.82) is 5.26 Å². The third kappa shape index (κ3) is 2.54. The fourth-order valence-corrected chi connectivity index (χ4v) is 0.883. The van der Waals surface area contributed by atoms with Crippen LogP contribution in [0.2, 0.25) is 0 Å². The van der Waals surface area contributed by atoms with Crippen LogP contribution in [0.25, 0.3) is 0 Å². The van der Waals surface area contributed by atoms with Gasteiger partial charge in [0.2, 0.25) is 0 Å². The van der Waals surface area contributed by atoms with Crippen LogP contribution in [0.15, 0.2) is 11.3 Å². The molecule has 2 nitrogen and oxygen atoms in total. The molecule has 0 radical (unpaired) electrons. The second-order valence-corrected chi connectivity index (χ2v) is 2.23. The largest absolute Gasteiger partial charge is 0.390 e. The SMILES string of the molecule is CCCC(CC)=C(N)C#N. The molecule has 0 spiro atoms. The lowest BCUT2D eigenvalue weighted by molar-refractivity contribution is 0.845. The molecule has 0 saturated heterocycles. The van der Waals surface area contributed by atoms with Crippen LogP contribution in [0.4, 0.5) is 0 Å². The summed E-state index contributed by atoms with van der Waals surface area (Å²) in [4.78, 5) is 0. The molecule has 0 aliphatic heterocycles. The minimum absolute atomic E-state index is 0.407. The Hall–Kier alpha value is -0.970. The van der Waals surface area contributed by atoms with Crippen LogP contribution in [0.3, 0.4) is 0 Å². The molecule has 2 N–H and O–H groups in total. The molecule has 10 heavy (non-hydrogen) atoms. The Kier molecular flexibility index (Phi) is 4.39. The average molecular weight is 138 g/mol. The van der Waals surface area contributed by atoms with Gasteiger partial charge in [0, 0.05) is 0 Å². The molecule has 0 bridgehead atoms. The fourth-order valence-electron chi connectivity index (χ4n) is 0.883. The Balaban J connectivity index is 4.18. The highest BCUT2D eigenvalue weighted by molar-refractivity contribution is 5.23. The quantitative estimate of drug-likeness (QED) is 0.606. The Bertz CT molecular complexity index is 163. The van der Waals surface area contributed by atoms with Crippen LogP contribution in [0.5, 0.6) is 0 Å². The van der Waals surface area contributed by atoms with Crippen LogP contribution >= 0.6 is 0 Å². The van der Waals surface area contributed by atoms with E-state index in [2.05, 4.69) is 6.92 Å². The summed E-state index contributed by atoms with van der Waals surface area (Å²) in [6, 6.07) is 1.96. The van der Waals surface area contributed by atoms with E-state index in [9.17, 15) is 0 Å². The lowest BCUT2D eigenvalue weighted by atomic mass is 10.1. The summed E-state index contributed by atoms with van der Waals surface area (Å²) < 4.78 is 0. The smallest absolute Gasteiger partial charge is 0.117 e. The molecule has 0 aromatic rings.